The van der Waals surface area contributed by atoms with Gasteiger partial charge in [-0.05, 0) is 43.0 Å². The molecule has 4 rings (SSSR count). The van der Waals surface area contributed by atoms with Crippen molar-refractivity contribution in [3.05, 3.63) is 59.7 Å². The number of nitrogens with zero attached hydrogens (tertiary/aromatic N) is 1. The Morgan fingerprint density at radius 2 is 1.88 bits per heavy atom. The average molecular weight is 322 g/mol. The van der Waals surface area contributed by atoms with Crippen molar-refractivity contribution in [3.8, 4) is 5.75 Å². The molecule has 3 heteroatoms. The molecular weight excluding hydrogens is 296 g/mol. The van der Waals surface area contributed by atoms with Crippen LogP contribution in [0.1, 0.15) is 24.5 Å². The van der Waals surface area contributed by atoms with Crippen molar-refractivity contribution in [1.29, 1.82) is 0 Å². The first-order chi connectivity index (χ1) is 11.7. The van der Waals surface area contributed by atoms with Gasteiger partial charge in [-0.15, -0.1) is 0 Å². The van der Waals surface area contributed by atoms with E-state index >= 15 is 0 Å². The van der Waals surface area contributed by atoms with E-state index in [0.717, 1.165) is 18.7 Å². The van der Waals surface area contributed by atoms with Gasteiger partial charge in [0.25, 0.3) is 0 Å². The van der Waals surface area contributed by atoms with E-state index in [2.05, 4.69) is 66.7 Å². The first-order valence-corrected chi connectivity index (χ1v) is 9.01. The zero-order chi connectivity index (χ0) is 16.5. The molecule has 24 heavy (non-hydrogen) atoms. The summed E-state index contributed by atoms with van der Waals surface area (Å²) in [6, 6.07) is 18.1. The predicted octanol–water partition coefficient (Wildman–Crippen LogP) is 3.42. The van der Waals surface area contributed by atoms with Crippen LogP contribution in [0.25, 0.3) is 0 Å². The topological polar surface area (TPSA) is 24.5 Å². The second-order valence-electron chi connectivity index (χ2n) is 7.09. The lowest BCUT2D eigenvalue weighted by Gasteiger charge is -2.40. The van der Waals surface area contributed by atoms with Gasteiger partial charge in [0.2, 0.25) is 0 Å². The summed E-state index contributed by atoms with van der Waals surface area (Å²) in [6.45, 7) is 3.21. The van der Waals surface area contributed by atoms with Gasteiger partial charge >= 0.3 is 0 Å². The molecule has 3 nitrogen and oxygen atoms in total. The molecule has 2 aliphatic heterocycles. The number of rotatable bonds is 4. The highest BCUT2D eigenvalue weighted by atomic mass is 16.5. The first-order valence-electron chi connectivity index (χ1n) is 9.01. The van der Waals surface area contributed by atoms with Crippen molar-refractivity contribution in [3.63, 3.8) is 0 Å². The van der Waals surface area contributed by atoms with Crippen LogP contribution < -0.4 is 15.0 Å². The number of fused-ring (bicyclic) bond motifs is 2. The van der Waals surface area contributed by atoms with Gasteiger partial charge in [0.05, 0.1) is 0 Å². The molecule has 0 saturated carbocycles. The number of benzene rings is 2. The third-order valence-corrected chi connectivity index (χ3v) is 5.54. The second kappa shape index (κ2) is 6.48. The Hall–Kier alpha value is -2.00. The summed E-state index contributed by atoms with van der Waals surface area (Å²) >= 11 is 0. The highest BCUT2D eigenvalue weighted by molar-refractivity contribution is 5.56. The number of aryl methyl sites for hydroxylation is 1. The van der Waals surface area contributed by atoms with Crippen LogP contribution in [0, 0.1) is 0 Å². The smallest absolute Gasteiger partial charge is 0.123 e. The molecule has 2 aliphatic rings. The van der Waals surface area contributed by atoms with Crippen molar-refractivity contribution in [2.24, 2.45) is 0 Å². The molecule has 0 radical (unpaired) electrons. The zero-order valence-electron chi connectivity index (χ0n) is 14.5. The lowest BCUT2D eigenvalue weighted by atomic mass is 9.92. The van der Waals surface area contributed by atoms with Gasteiger partial charge in [0.15, 0.2) is 0 Å². The molecule has 0 spiro atoms. The number of ether oxygens (including phenoxy) is 1. The fraction of sp³-hybridized carbons (Fsp3) is 0.429. The molecule has 3 unspecified atom stereocenters. The highest BCUT2D eigenvalue weighted by Gasteiger charge is 2.29. The minimum atomic E-state index is 0.256. The van der Waals surface area contributed by atoms with Crippen LogP contribution in [-0.2, 0) is 12.8 Å². The van der Waals surface area contributed by atoms with Crippen LogP contribution in [0.15, 0.2) is 48.5 Å². The molecule has 0 amide bonds. The van der Waals surface area contributed by atoms with Crippen molar-refractivity contribution in [2.45, 2.75) is 44.4 Å². The monoisotopic (exact) mass is 322 g/mol. The van der Waals surface area contributed by atoms with Crippen LogP contribution in [0.4, 0.5) is 5.69 Å². The minimum Gasteiger partial charge on any atom is -0.488 e. The number of hydrogen-bond donors (Lipinski definition) is 1. The third kappa shape index (κ3) is 2.89. The maximum Gasteiger partial charge on any atom is 0.123 e. The van der Waals surface area contributed by atoms with E-state index in [-0.39, 0.29) is 6.10 Å². The van der Waals surface area contributed by atoms with Gasteiger partial charge in [0, 0.05) is 37.8 Å². The lowest BCUT2D eigenvalue weighted by Crippen LogP contribution is -2.51. The summed E-state index contributed by atoms with van der Waals surface area (Å²) in [5, 5.41) is 3.72. The van der Waals surface area contributed by atoms with E-state index in [9.17, 15) is 0 Å². The van der Waals surface area contributed by atoms with E-state index in [4.69, 9.17) is 4.74 Å². The van der Waals surface area contributed by atoms with Gasteiger partial charge in [-0.25, -0.2) is 0 Å². The van der Waals surface area contributed by atoms with Crippen LogP contribution in [0.3, 0.4) is 0 Å². The second-order valence-corrected chi connectivity index (χ2v) is 7.09. The SMILES string of the molecule is CC(NCC1Cc2ccccc2O1)C1CCc2ccccc2N1C. The summed E-state index contributed by atoms with van der Waals surface area (Å²) in [5.74, 6) is 1.06. The summed E-state index contributed by atoms with van der Waals surface area (Å²) in [4.78, 5) is 2.45. The largest absolute Gasteiger partial charge is 0.488 e. The van der Waals surface area contributed by atoms with E-state index in [1.165, 1.54) is 29.7 Å². The molecule has 0 saturated heterocycles. The van der Waals surface area contributed by atoms with Crippen LogP contribution in [0.5, 0.6) is 5.75 Å². The van der Waals surface area contributed by atoms with E-state index in [1.807, 2.05) is 6.07 Å². The van der Waals surface area contributed by atoms with Crippen LogP contribution in [0.2, 0.25) is 0 Å². The van der Waals surface area contributed by atoms with Crippen molar-refractivity contribution < 1.29 is 4.74 Å². The molecule has 126 valence electrons. The van der Waals surface area contributed by atoms with Crippen molar-refractivity contribution in [1.82, 2.24) is 5.32 Å². The van der Waals surface area contributed by atoms with Gasteiger partial charge in [-0.3, -0.25) is 0 Å². The molecule has 0 fully saturated rings. The summed E-state index contributed by atoms with van der Waals surface area (Å²) in [7, 11) is 2.22. The van der Waals surface area contributed by atoms with Crippen LogP contribution >= 0.6 is 0 Å². The summed E-state index contributed by atoms with van der Waals surface area (Å²) < 4.78 is 6.05. The van der Waals surface area contributed by atoms with Crippen LogP contribution in [-0.4, -0.2) is 31.8 Å². The Bertz CT molecular complexity index is 689. The number of anilines is 1. The lowest BCUT2D eigenvalue weighted by molar-refractivity contribution is 0.218. The van der Waals surface area contributed by atoms with Gasteiger partial charge in [-0.1, -0.05) is 36.4 Å². The van der Waals surface area contributed by atoms with Gasteiger partial charge in [-0.2, -0.15) is 0 Å². The number of para-hydroxylation sites is 2. The fourth-order valence-electron chi connectivity index (χ4n) is 4.15. The van der Waals surface area contributed by atoms with Crippen molar-refractivity contribution >= 4 is 5.69 Å². The molecule has 1 N–H and O–H groups in total. The van der Waals surface area contributed by atoms with E-state index in [0.29, 0.717) is 12.1 Å². The Labute approximate surface area is 144 Å². The first kappa shape index (κ1) is 15.5. The number of likely N-dealkylation sites (N-methyl/N-ethyl adjacent to an activating group) is 1. The Kier molecular flexibility index (Phi) is 4.19. The standard InChI is InChI=1S/C21H26N2O/c1-15(19-12-11-16-7-3-5-9-20(16)23(19)2)22-14-18-13-17-8-4-6-10-21(17)24-18/h3-10,15,18-19,22H,11-14H2,1-2H3. The molecule has 2 aromatic carbocycles. The van der Waals surface area contributed by atoms with Gasteiger partial charge in [0.1, 0.15) is 11.9 Å². The molecule has 3 atom stereocenters. The number of hydrogen-bond acceptors (Lipinski definition) is 3. The highest BCUT2D eigenvalue weighted by Crippen LogP contribution is 2.31. The van der Waals surface area contributed by atoms with E-state index in [1.54, 1.807) is 0 Å². The third-order valence-electron chi connectivity index (χ3n) is 5.54. The fourth-order valence-corrected chi connectivity index (χ4v) is 4.15. The minimum absolute atomic E-state index is 0.256. The Balaban J connectivity index is 1.35. The molecule has 2 heterocycles. The number of nitrogens with one attached hydrogen (secondary N) is 1. The predicted molar refractivity (Wildman–Crippen MR) is 99.0 cm³/mol. The molecular formula is C21H26N2O. The maximum absolute atomic E-state index is 6.05. The quantitative estimate of drug-likeness (QED) is 0.933. The Morgan fingerprint density at radius 3 is 2.71 bits per heavy atom. The van der Waals surface area contributed by atoms with Gasteiger partial charge < -0.3 is 15.0 Å². The zero-order valence-corrected chi connectivity index (χ0v) is 14.5. The molecule has 0 bridgehead atoms. The summed E-state index contributed by atoms with van der Waals surface area (Å²) in [5.41, 5.74) is 4.19. The van der Waals surface area contributed by atoms with Crippen molar-refractivity contribution in [2.75, 3.05) is 18.5 Å². The molecule has 0 aromatic heterocycles. The Morgan fingerprint density at radius 1 is 1.12 bits per heavy atom. The average Bonchev–Trinajstić information content (AvgIpc) is 3.03. The van der Waals surface area contributed by atoms with E-state index < -0.39 is 0 Å². The summed E-state index contributed by atoms with van der Waals surface area (Å²) in [6.07, 6.45) is 3.64. The normalized spacial score (nSPS) is 23.3. The molecule has 0 aliphatic carbocycles. The molecule has 2 aromatic rings. The maximum atomic E-state index is 6.05.